The van der Waals surface area contributed by atoms with Gasteiger partial charge in [0.25, 0.3) is 0 Å². The molecule has 5 aromatic carbocycles. The highest BCUT2D eigenvalue weighted by atomic mass is 15.1. The molecule has 3 heteroatoms. The smallest absolute Gasteiger partial charge is 0.145 e. The number of rotatable bonds is 5. The van der Waals surface area contributed by atoms with Crippen LogP contribution in [-0.4, -0.2) is 14.1 Å². The highest BCUT2D eigenvalue weighted by molar-refractivity contribution is 5.88. The van der Waals surface area contributed by atoms with Crippen LogP contribution in [0.1, 0.15) is 24.1 Å². The van der Waals surface area contributed by atoms with Crippen molar-refractivity contribution in [3.05, 3.63) is 151 Å². The van der Waals surface area contributed by atoms with Crippen LogP contribution >= 0.6 is 0 Å². The Morgan fingerprint density at radius 3 is 1.71 bits per heavy atom. The van der Waals surface area contributed by atoms with Crippen LogP contribution in [0.2, 0.25) is 0 Å². The molecule has 0 spiro atoms. The summed E-state index contributed by atoms with van der Waals surface area (Å²) in [6.45, 7) is 0. The van der Waals surface area contributed by atoms with Gasteiger partial charge in [-0.2, -0.15) is 0 Å². The molecule has 2 heterocycles. The van der Waals surface area contributed by atoms with Gasteiger partial charge in [-0.1, -0.05) is 109 Å². The highest BCUT2D eigenvalue weighted by Crippen LogP contribution is 2.39. The minimum Gasteiger partial charge on any atom is -0.313 e. The van der Waals surface area contributed by atoms with E-state index in [1.165, 1.54) is 47.1 Å². The molecule has 42 heavy (non-hydrogen) atoms. The van der Waals surface area contributed by atoms with E-state index in [9.17, 15) is 0 Å². The van der Waals surface area contributed by atoms with Gasteiger partial charge < -0.3 is 4.57 Å². The summed E-state index contributed by atoms with van der Waals surface area (Å²) in [7, 11) is 0. The van der Waals surface area contributed by atoms with Crippen LogP contribution < -0.4 is 0 Å². The number of fused-ring (bicyclic) bond motifs is 3. The molecule has 0 saturated carbocycles. The highest BCUT2D eigenvalue weighted by Gasteiger charge is 2.24. The van der Waals surface area contributed by atoms with E-state index in [4.69, 9.17) is 4.98 Å². The lowest BCUT2D eigenvalue weighted by Crippen LogP contribution is -2.07. The molecular formula is C39H31N3. The summed E-state index contributed by atoms with van der Waals surface area (Å²) in [6.07, 6.45) is 4.82. The van der Waals surface area contributed by atoms with Gasteiger partial charge in [-0.15, -0.1) is 0 Å². The first-order chi connectivity index (χ1) is 20.9. The third-order valence-corrected chi connectivity index (χ3v) is 8.55. The summed E-state index contributed by atoms with van der Waals surface area (Å²) in [5, 5.41) is 1.40. The molecule has 0 radical (unpaired) electrons. The summed E-state index contributed by atoms with van der Waals surface area (Å²) < 4.78 is 4.83. The molecule has 3 nitrogen and oxygen atoms in total. The Labute approximate surface area is 246 Å². The van der Waals surface area contributed by atoms with E-state index in [2.05, 4.69) is 149 Å². The second-order valence-electron chi connectivity index (χ2n) is 11.1. The molecule has 0 bridgehead atoms. The van der Waals surface area contributed by atoms with E-state index in [0.29, 0.717) is 0 Å². The molecule has 0 atom stereocenters. The first-order valence-corrected chi connectivity index (χ1v) is 14.9. The largest absolute Gasteiger partial charge is 0.313 e. The van der Waals surface area contributed by atoms with Crippen LogP contribution in [0, 0.1) is 0 Å². The van der Waals surface area contributed by atoms with Crippen molar-refractivity contribution in [1.29, 1.82) is 0 Å². The second kappa shape index (κ2) is 10.4. The van der Waals surface area contributed by atoms with Gasteiger partial charge in [0.2, 0.25) is 0 Å². The topological polar surface area (TPSA) is 22.8 Å². The quantitative estimate of drug-likeness (QED) is 0.213. The molecular weight excluding hydrogens is 510 g/mol. The molecule has 0 aliphatic heterocycles. The Bertz CT molecular complexity index is 2000. The van der Waals surface area contributed by atoms with Crippen molar-refractivity contribution < 1.29 is 0 Å². The summed E-state index contributed by atoms with van der Waals surface area (Å²) >= 11 is 0. The van der Waals surface area contributed by atoms with Gasteiger partial charge in [0.15, 0.2) is 0 Å². The van der Waals surface area contributed by atoms with Crippen molar-refractivity contribution >= 4 is 10.9 Å². The fourth-order valence-electron chi connectivity index (χ4n) is 6.65. The van der Waals surface area contributed by atoms with Crippen molar-refractivity contribution in [1.82, 2.24) is 14.1 Å². The molecule has 0 amide bonds. The molecule has 8 rings (SSSR count). The van der Waals surface area contributed by atoms with Crippen LogP contribution in [-0.2, 0) is 12.8 Å². The van der Waals surface area contributed by atoms with Crippen LogP contribution in [0.5, 0.6) is 0 Å². The van der Waals surface area contributed by atoms with Crippen molar-refractivity contribution in [2.45, 2.75) is 25.7 Å². The second-order valence-corrected chi connectivity index (χ2v) is 11.1. The number of hydrogen-bond acceptors (Lipinski definition) is 1. The monoisotopic (exact) mass is 541 g/mol. The minimum atomic E-state index is 0.935. The Morgan fingerprint density at radius 2 is 1.02 bits per heavy atom. The Morgan fingerprint density at radius 1 is 0.476 bits per heavy atom. The zero-order chi connectivity index (χ0) is 27.9. The molecule has 0 unspecified atom stereocenters. The van der Waals surface area contributed by atoms with E-state index < -0.39 is 0 Å². The van der Waals surface area contributed by atoms with Gasteiger partial charge in [-0.05, 0) is 61.6 Å². The first-order valence-electron chi connectivity index (χ1n) is 14.9. The number of para-hydroxylation sites is 1. The molecule has 0 fully saturated rings. The number of benzene rings is 5. The van der Waals surface area contributed by atoms with E-state index in [1.807, 2.05) is 0 Å². The number of aromatic nitrogens is 3. The lowest BCUT2D eigenvalue weighted by Gasteiger charge is -2.18. The van der Waals surface area contributed by atoms with E-state index >= 15 is 0 Å². The van der Waals surface area contributed by atoms with E-state index in [1.54, 1.807) is 0 Å². The average molecular weight is 542 g/mol. The third-order valence-electron chi connectivity index (χ3n) is 8.55. The standard InChI is InChI=1S/C39H31N3/c1-4-14-28(15-5-1)37-38(29-16-6-2-7-17-29)42(39(40-37)30-18-8-3-9-19-30)32-26-24-31(25-27-32)41-35-22-12-10-20-33(35)34-21-11-13-23-36(34)41/h1-10,12,14-20,22,24-27H,11,13,21,23H2. The van der Waals surface area contributed by atoms with Gasteiger partial charge in [-0.3, -0.25) is 4.57 Å². The normalized spacial score (nSPS) is 12.9. The van der Waals surface area contributed by atoms with Crippen molar-refractivity contribution in [2.75, 3.05) is 0 Å². The Hall–Kier alpha value is -5.15. The zero-order valence-corrected chi connectivity index (χ0v) is 23.4. The van der Waals surface area contributed by atoms with Crippen LogP contribution in [0.15, 0.2) is 140 Å². The first kappa shape index (κ1) is 24.6. The van der Waals surface area contributed by atoms with Gasteiger partial charge in [0, 0.05) is 39.1 Å². The average Bonchev–Trinajstić information content (AvgIpc) is 3.63. The van der Waals surface area contributed by atoms with Crippen molar-refractivity contribution in [2.24, 2.45) is 0 Å². The predicted molar refractivity (Wildman–Crippen MR) is 173 cm³/mol. The molecule has 1 aliphatic rings. The zero-order valence-electron chi connectivity index (χ0n) is 23.4. The maximum atomic E-state index is 5.33. The molecule has 0 saturated heterocycles. The molecule has 0 N–H and O–H groups in total. The van der Waals surface area contributed by atoms with E-state index in [-0.39, 0.29) is 0 Å². The number of aryl methyl sites for hydroxylation is 1. The molecule has 1 aliphatic carbocycles. The predicted octanol–water partition coefficient (Wildman–Crippen LogP) is 9.70. The Balaban J connectivity index is 1.35. The summed E-state index contributed by atoms with van der Waals surface area (Å²) in [5.41, 5.74) is 12.0. The van der Waals surface area contributed by atoms with Crippen molar-refractivity contribution in [3.8, 4) is 45.3 Å². The number of nitrogens with zero attached hydrogens (tertiary/aromatic N) is 3. The van der Waals surface area contributed by atoms with Gasteiger partial charge >= 0.3 is 0 Å². The van der Waals surface area contributed by atoms with Crippen LogP contribution in [0.4, 0.5) is 0 Å². The Kier molecular flexibility index (Phi) is 6.07. The maximum Gasteiger partial charge on any atom is 0.145 e. The SMILES string of the molecule is c1ccc(-c2nc(-c3ccccc3)n(-c3ccc(-n4c5c(c6ccccc64)CCCC5)cc3)c2-c2ccccc2)cc1. The van der Waals surface area contributed by atoms with Crippen LogP contribution in [0.25, 0.3) is 56.2 Å². The minimum absolute atomic E-state index is 0.935. The molecule has 202 valence electrons. The fourth-order valence-corrected chi connectivity index (χ4v) is 6.65. The molecule has 2 aromatic heterocycles. The molecule has 7 aromatic rings. The fraction of sp³-hybridized carbons (Fsp3) is 0.103. The summed E-state index contributed by atoms with van der Waals surface area (Å²) in [5.74, 6) is 0.935. The maximum absolute atomic E-state index is 5.33. The summed E-state index contributed by atoms with van der Waals surface area (Å²) in [6, 6.07) is 49.7. The van der Waals surface area contributed by atoms with Gasteiger partial charge in [-0.25, -0.2) is 4.98 Å². The van der Waals surface area contributed by atoms with E-state index in [0.717, 1.165) is 46.0 Å². The lowest BCUT2D eigenvalue weighted by molar-refractivity contribution is 0.667. The van der Waals surface area contributed by atoms with Gasteiger partial charge in [0.05, 0.1) is 16.9 Å². The number of imidazole rings is 1. The number of hydrogen-bond donors (Lipinski definition) is 0. The summed E-state index contributed by atoms with van der Waals surface area (Å²) in [4.78, 5) is 5.33. The van der Waals surface area contributed by atoms with Gasteiger partial charge in [0.1, 0.15) is 5.82 Å². The van der Waals surface area contributed by atoms with Crippen molar-refractivity contribution in [3.63, 3.8) is 0 Å². The third kappa shape index (κ3) is 4.09. The lowest BCUT2D eigenvalue weighted by atomic mass is 9.95. The van der Waals surface area contributed by atoms with Crippen LogP contribution in [0.3, 0.4) is 0 Å².